The Morgan fingerprint density at radius 3 is 2.62 bits per heavy atom. The number of hydrogen-bond donors (Lipinski definition) is 0. The molecule has 3 aromatic rings. The standard InChI is InChI=1S/C19H19NO/c1-15-7-5-10-18-17(15)12-14-20(18)13-6-11-19(21)16-8-3-2-4-9-16/h2-5,7-10,12,14H,6,11,13H2,1H3. The first-order chi connectivity index (χ1) is 10.3. The third-order valence-electron chi connectivity index (χ3n) is 3.93. The Balaban J connectivity index is 1.65. The Hall–Kier alpha value is -2.35. The van der Waals surface area contributed by atoms with Crippen LogP contribution in [-0.4, -0.2) is 10.4 Å². The van der Waals surface area contributed by atoms with Crippen LogP contribution in [0.5, 0.6) is 0 Å². The number of rotatable bonds is 5. The highest BCUT2D eigenvalue weighted by Gasteiger charge is 2.06. The zero-order valence-corrected chi connectivity index (χ0v) is 12.3. The topological polar surface area (TPSA) is 22.0 Å². The van der Waals surface area contributed by atoms with Crippen LogP contribution in [0.1, 0.15) is 28.8 Å². The third-order valence-corrected chi connectivity index (χ3v) is 3.93. The van der Waals surface area contributed by atoms with Crippen LogP contribution in [0.3, 0.4) is 0 Å². The molecule has 0 amide bonds. The van der Waals surface area contributed by atoms with Gasteiger partial charge in [-0.1, -0.05) is 42.5 Å². The predicted octanol–water partition coefficient (Wildman–Crippen LogP) is 4.61. The van der Waals surface area contributed by atoms with Crippen LogP contribution >= 0.6 is 0 Å². The van der Waals surface area contributed by atoms with Gasteiger partial charge < -0.3 is 4.57 Å². The molecule has 1 aromatic heterocycles. The first kappa shape index (κ1) is 13.6. The van der Waals surface area contributed by atoms with Gasteiger partial charge in [0.15, 0.2) is 5.78 Å². The summed E-state index contributed by atoms with van der Waals surface area (Å²) in [6.07, 6.45) is 3.58. The fourth-order valence-electron chi connectivity index (χ4n) is 2.75. The number of Topliss-reactive ketones (excluding diaryl/α,β-unsaturated/α-hetero) is 1. The van der Waals surface area contributed by atoms with Crippen molar-refractivity contribution in [3.05, 3.63) is 71.9 Å². The Kier molecular flexibility index (Phi) is 3.87. The van der Waals surface area contributed by atoms with E-state index in [9.17, 15) is 4.79 Å². The molecule has 1 heterocycles. The molecule has 0 aliphatic rings. The van der Waals surface area contributed by atoms with Crippen molar-refractivity contribution in [2.75, 3.05) is 0 Å². The van der Waals surface area contributed by atoms with Gasteiger partial charge in [-0.3, -0.25) is 4.79 Å². The Bertz CT molecular complexity index is 756. The minimum Gasteiger partial charge on any atom is -0.347 e. The second kappa shape index (κ2) is 5.96. The molecule has 2 heteroatoms. The van der Waals surface area contributed by atoms with E-state index in [-0.39, 0.29) is 5.78 Å². The van der Waals surface area contributed by atoms with Crippen LogP contribution < -0.4 is 0 Å². The van der Waals surface area contributed by atoms with Crippen molar-refractivity contribution in [1.82, 2.24) is 4.57 Å². The monoisotopic (exact) mass is 277 g/mol. The average molecular weight is 277 g/mol. The van der Waals surface area contributed by atoms with Crippen molar-refractivity contribution in [2.45, 2.75) is 26.3 Å². The van der Waals surface area contributed by atoms with Crippen LogP contribution in [0.25, 0.3) is 10.9 Å². The van der Waals surface area contributed by atoms with Gasteiger partial charge in [0.2, 0.25) is 0 Å². The molecule has 21 heavy (non-hydrogen) atoms. The van der Waals surface area contributed by atoms with E-state index in [2.05, 4.69) is 42.0 Å². The van der Waals surface area contributed by atoms with Crippen molar-refractivity contribution in [3.8, 4) is 0 Å². The Morgan fingerprint density at radius 2 is 1.81 bits per heavy atom. The highest BCUT2D eigenvalue weighted by Crippen LogP contribution is 2.20. The zero-order chi connectivity index (χ0) is 14.7. The molecule has 0 N–H and O–H groups in total. The van der Waals surface area contributed by atoms with Crippen molar-refractivity contribution in [1.29, 1.82) is 0 Å². The molecule has 0 aliphatic carbocycles. The molecule has 2 nitrogen and oxygen atoms in total. The Labute approximate surface area is 125 Å². The van der Waals surface area contributed by atoms with E-state index >= 15 is 0 Å². The van der Waals surface area contributed by atoms with Gasteiger partial charge in [0.25, 0.3) is 0 Å². The van der Waals surface area contributed by atoms with Gasteiger partial charge in [-0.15, -0.1) is 0 Å². The number of carbonyl (C=O) groups excluding carboxylic acids is 1. The number of ketones is 1. The number of carbonyl (C=O) groups is 1. The molecule has 0 spiro atoms. The van der Waals surface area contributed by atoms with E-state index in [4.69, 9.17) is 0 Å². The quantitative estimate of drug-likeness (QED) is 0.624. The van der Waals surface area contributed by atoms with Crippen molar-refractivity contribution in [3.63, 3.8) is 0 Å². The molecular weight excluding hydrogens is 258 g/mol. The second-order valence-electron chi connectivity index (χ2n) is 5.41. The predicted molar refractivity (Wildman–Crippen MR) is 86.7 cm³/mol. The third kappa shape index (κ3) is 2.89. The molecule has 0 radical (unpaired) electrons. The molecule has 3 rings (SSSR count). The van der Waals surface area contributed by atoms with Gasteiger partial charge in [0.1, 0.15) is 0 Å². The lowest BCUT2D eigenvalue weighted by Gasteiger charge is -2.06. The number of hydrogen-bond acceptors (Lipinski definition) is 1. The van der Waals surface area contributed by atoms with E-state index in [1.165, 1.54) is 16.5 Å². The molecule has 0 bridgehead atoms. The maximum absolute atomic E-state index is 12.1. The van der Waals surface area contributed by atoms with Gasteiger partial charge in [-0.05, 0) is 31.0 Å². The van der Waals surface area contributed by atoms with E-state index in [0.29, 0.717) is 6.42 Å². The van der Waals surface area contributed by atoms with Crippen LogP contribution in [-0.2, 0) is 6.54 Å². The first-order valence-electron chi connectivity index (χ1n) is 7.38. The highest BCUT2D eigenvalue weighted by atomic mass is 16.1. The van der Waals surface area contributed by atoms with Gasteiger partial charge in [0.05, 0.1) is 0 Å². The summed E-state index contributed by atoms with van der Waals surface area (Å²) < 4.78 is 2.24. The molecule has 0 atom stereocenters. The number of aryl methyl sites for hydroxylation is 2. The van der Waals surface area contributed by atoms with Crippen molar-refractivity contribution >= 4 is 16.7 Å². The molecular formula is C19H19NO. The first-order valence-corrected chi connectivity index (χ1v) is 7.38. The van der Waals surface area contributed by atoms with Gasteiger partial charge >= 0.3 is 0 Å². The average Bonchev–Trinajstić information content (AvgIpc) is 2.93. The van der Waals surface area contributed by atoms with Crippen LogP contribution in [0.2, 0.25) is 0 Å². The molecule has 106 valence electrons. The smallest absolute Gasteiger partial charge is 0.162 e. The molecule has 0 aliphatic heterocycles. The number of benzene rings is 2. The lowest BCUT2D eigenvalue weighted by Crippen LogP contribution is -2.02. The van der Waals surface area contributed by atoms with Crippen molar-refractivity contribution in [2.24, 2.45) is 0 Å². The van der Waals surface area contributed by atoms with E-state index in [1.807, 2.05) is 30.3 Å². The van der Waals surface area contributed by atoms with Crippen molar-refractivity contribution < 1.29 is 4.79 Å². The number of aromatic nitrogens is 1. The lowest BCUT2D eigenvalue weighted by atomic mass is 10.1. The normalized spacial score (nSPS) is 10.9. The summed E-state index contributed by atoms with van der Waals surface area (Å²) in [7, 11) is 0. The summed E-state index contributed by atoms with van der Waals surface area (Å²) in [5.41, 5.74) is 3.36. The fraction of sp³-hybridized carbons (Fsp3) is 0.211. The van der Waals surface area contributed by atoms with E-state index in [0.717, 1.165) is 18.5 Å². The van der Waals surface area contributed by atoms with Crippen LogP contribution in [0, 0.1) is 6.92 Å². The molecule has 0 unspecified atom stereocenters. The number of fused-ring (bicyclic) bond motifs is 1. The summed E-state index contributed by atoms with van der Waals surface area (Å²) in [5, 5.41) is 1.30. The summed E-state index contributed by atoms with van der Waals surface area (Å²) in [6.45, 7) is 3.01. The molecule has 2 aromatic carbocycles. The molecule has 0 fully saturated rings. The molecule has 0 saturated carbocycles. The second-order valence-corrected chi connectivity index (χ2v) is 5.41. The van der Waals surface area contributed by atoms with Gasteiger partial charge in [-0.2, -0.15) is 0 Å². The summed E-state index contributed by atoms with van der Waals surface area (Å²) in [5.74, 6) is 0.225. The van der Waals surface area contributed by atoms with E-state index in [1.54, 1.807) is 0 Å². The number of nitrogens with zero attached hydrogens (tertiary/aromatic N) is 1. The summed E-state index contributed by atoms with van der Waals surface area (Å²) in [4.78, 5) is 12.1. The minimum atomic E-state index is 0.225. The van der Waals surface area contributed by atoms with Crippen LogP contribution in [0.15, 0.2) is 60.8 Å². The maximum Gasteiger partial charge on any atom is 0.162 e. The summed E-state index contributed by atoms with van der Waals surface area (Å²) in [6, 6.07) is 18.0. The maximum atomic E-state index is 12.1. The minimum absolute atomic E-state index is 0.225. The van der Waals surface area contributed by atoms with Gasteiger partial charge in [0, 0.05) is 35.6 Å². The Morgan fingerprint density at radius 1 is 1.00 bits per heavy atom. The fourth-order valence-corrected chi connectivity index (χ4v) is 2.75. The zero-order valence-electron chi connectivity index (χ0n) is 12.3. The van der Waals surface area contributed by atoms with Gasteiger partial charge in [-0.25, -0.2) is 0 Å². The van der Waals surface area contributed by atoms with E-state index < -0.39 is 0 Å². The molecule has 0 saturated heterocycles. The SMILES string of the molecule is Cc1cccc2c1ccn2CCCC(=O)c1ccccc1. The largest absolute Gasteiger partial charge is 0.347 e. The highest BCUT2D eigenvalue weighted by molar-refractivity contribution is 5.95. The summed E-state index contributed by atoms with van der Waals surface area (Å²) >= 11 is 0. The lowest BCUT2D eigenvalue weighted by molar-refractivity contribution is 0.0978. The van der Waals surface area contributed by atoms with Crippen LogP contribution in [0.4, 0.5) is 0 Å².